The summed E-state index contributed by atoms with van der Waals surface area (Å²) in [4.78, 5) is 8.38. The zero-order valence-corrected chi connectivity index (χ0v) is 14.0. The van der Waals surface area contributed by atoms with Gasteiger partial charge in [0.2, 0.25) is 0 Å². The highest BCUT2D eigenvalue weighted by Gasteiger charge is 2.15. The fourth-order valence-electron chi connectivity index (χ4n) is 2.75. The molecule has 24 heavy (non-hydrogen) atoms. The lowest BCUT2D eigenvalue weighted by atomic mass is 10.2. The molecule has 3 rings (SSSR count). The Kier molecular flexibility index (Phi) is 5.48. The predicted molar refractivity (Wildman–Crippen MR) is 94.0 cm³/mol. The van der Waals surface area contributed by atoms with Gasteiger partial charge in [-0.1, -0.05) is 12.1 Å². The summed E-state index contributed by atoms with van der Waals surface area (Å²) >= 11 is 0. The van der Waals surface area contributed by atoms with Crippen LogP contribution in [-0.2, 0) is 11.3 Å². The van der Waals surface area contributed by atoms with Gasteiger partial charge in [0.15, 0.2) is 0 Å². The summed E-state index contributed by atoms with van der Waals surface area (Å²) in [6, 6.07) is 7.90. The van der Waals surface area contributed by atoms with Crippen LogP contribution in [0.1, 0.15) is 30.7 Å². The van der Waals surface area contributed by atoms with Gasteiger partial charge in [0.1, 0.15) is 17.4 Å². The van der Waals surface area contributed by atoms with E-state index in [2.05, 4.69) is 15.3 Å². The van der Waals surface area contributed by atoms with Crippen molar-refractivity contribution in [2.24, 2.45) is 0 Å². The predicted octanol–water partition coefficient (Wildman–Crippen LogP) is 2.93. The maximum absolute atomic E-state index is 5.94. The van der Waals surface area contributed by atoms with Crippen LogP contribution in [0.15, 0.2) is 30.5 Å². The van der Waals surface area contributed by atoms with Gasteiger partial charge in [-0.05, 0) is 31.9 Å². The van der Waals surface area contributed by atoms with Gasteiger partial charge >= 0.3 is 0 Å². The largest absolute Gasteiger partial charge is 0.491 e. The van der Waals surface area contributed by atoms with E-state index < -0.39 is 0 Å². The van der Waals surface area contributed by atoms with E-state index >= 15 is 0 Å². The summed E-state index contributed by atoms with van der Waals surface area (Å²) in [6.07, 6.45) is 5.31. The molecule has 0 saturated carbocycles. The van der Waals surface area contributed by atoms with E-state index in [0.717, 1.165) is 42.9 Å². The number of nitrogen functional groups attached to an aromatic ring is 1. The molecule has 1 aliphatic heterocycles. The second-order valence-corrected chi connectivity index (χ2v) is 5.95. The summed E-state index contributed by atoms with van der Waals surface area (Å²) in [7, 11) is 0. The van der Waals surface area contributed by atoms with Crippen LogP contribution >= 0.6 is 0 Å². The molecule has 6 heteroatoms. The van der Waals surface area contributed by atoms with E-state index in [4.69, 9.17) is 15.2 Å². The van der Waals surface area contributed by atoms with E-state index in [1.54, 1.807) is 6.20 Å². The second-order valence-electron chi connectivity index (χ2n) is 5.95. The van der Waals surface area contributed by atoms with Crippen molar-refractivity contribution in [3.8, 4) is 5.75 Å². The molecule has 1 unspecified atom stereocenters. The van der Waals surface area contributed by atoms with Crippen molar-refractivity contribution < 1.29 is 9.47 Å². The summed E-state index contributed by atoms with van der Waals surface area (Å²) in [6.45, 7) is 3.91. The number of aromatic nitrogens is 2. The third kappa shape index (κ3) is 4.35. The standard InChI is InChI=1S/C18H24N4O2/c1-13-20-11-14(18(19)22-13)12-21-16-6-2-3-7-17(16)24-10-8-15-5-4-9-23-15/h2-3,6-7,11,15,21H,4-5,8-10,12H2,1H3,(H2,19,20,22). The first-order valence-corrected chi connectivity index (χ1v) is 8.37. The fourth-order valence-corrected chi connectivity index (χ4v) is 2.75. The molecule has 6 nitrogen and oxygen atoms in total. The van der Waals surface area contributed by atoms with E-state index in [1.807, 2.05) is 31.2 Å². The lowest BCUT2D eigenvalue weighted by molar-refractivity contribution is 0.0904. The monoisotopic (exact) mass is 328 g/mol. The summed E-state index contributed by atoms with van der Waals surface area (Å²) < 4.78 is 11.6. The average Bonchev–Trinajstić information content (AvgIpc) is 3.08. The molecule has 0 aliphatic carbocycles. The first-order valence-electron chi connectivity index (χ1n) is 8.37. The van der Waals surface area contributed by atoms with Crippen LogP contribution in [0.5, 0.6) is 5.75 Å². The fraction of sp³-hybridized carbons (Fsp3) is 0.444. The van der Waals surface area contributed by atoms with Gasteiger partial charge in [-0.15, -0.1) is 0 Å². The van der Waals surface area contributed by atoms with Crippen LogP contribution in [0.3, 0.4) is 0 Å². The SMILES string of the molecule is Cc1ncc(CNc2ccccc2OCCC2CCCO2)c(N)n1. The van der Waals surface area contributed by atoms with Crippen molar-refractivity contribution >= 4 is 11.5 Å². The lowest BCUT2D eigenvalue weighted by Crippen LogP contribution is -2.12. The minimum Gasteiger partial charge on any atom is -0.491 e. The van der Waals surface area contributed by atoms with Gasteiger partial charge in [-0.25, -0.2) is 9.97 Å². The summed E-state index contributed by atoms with van der Waals surface area (Å²) in [5.74, 6) is 2.02. The van der Waals surface area contributed by atoms with Gasteiger partial charge < -0.3 is 20.5 Å². The molecule has 0 amide bonds. The van der Waals surface area contributed by atoms with Crippen LogP contribution < -0.4 is 15.8 Å². The number of aryl methyl sites for hydroxylation is 1. The molecule has 1 fully saturated rings. The van der Waals surface area contributed by atoms with E-state index in [1.165, 1.54) is 0 Å². The molecule has 1 aliphatic rings. The van der Waals surface area contributed by atoms with E-state index in [-0.39, 0.29) is 0 Å². The molecule has 1 aromatic heterocycles. The number of nitrogens with one attached hydrogen (secondary N) is 1. The van der Waals surface area contributed by atoms with Crippen molar-refractivity contribution in [1.82, 2.24) is 9.97 Å². The molecular weight excluding hydrogens is 304 g/mol. The molecule has 3 N–H and O–H groups in total. The number of hydrogen-bond acceptors (Lipinski definition) is 6. The summed E-state index contributed by atoms with van der Waals surface area (Å²) in [5, 5.41) is 3.35. The lowest BCUT2D eigenvalue weighted by Gasteiger charge is -2.15. The highest BCUT2D eigenvalue weighted by atomic mass is 16.5. The quantitative estimate of drug-likeness (QED) is 0.813. The third-order valence-corrected chi connectivity index (χ3v) is 4.10. The van der Waals surface area contributed by atoms with Crippen LogP contribution in [0, 0.1) is 6.92 Å². The Balaban J connectivity index is 1.56. The Morgan fingerprint density at radius 3 is 3.04 bits per heavy atom. The van der Waals surface area contributed by atoms with E-state index in [9.17, 15) is 0 Å². The number of benzene rings is 1. The Hall–Kier alpha value is -2.34. The minimum atomic E-state index is 0.342. The summed E-state index contributed by atoms with van der Waals surface area (Å²) in [5.41, 5.74) is 7.74. The molecule has 1 saturated heterocycles. The molecule has 0 spiro atoms. The number of nitrogens with two attached hydrogens (primary N) is 1. The van der Waals surface area contributed by atoms with Crippen LogP contribution in [0.2, 0.25) is 0 Å². The van der Waals surface area contributed by atoms with Crippen molar-refractivity contribution in [3.63, 3.8) is 0 Å². The number of anilines is 2. The Morgan fingerprint density at radius 2 is 2.25 bits per heavy atom. The molecule has 1 aromatic carbocycles. The number of nitrogens with zero attached hydrogens (tertiary/aromatic N) is 2. The number of rotatable bonds is 7. The van der Waals surface area contributed by atoms with Crippen LogP contribution in [0.4, 0.5) is 11.5 Å². The van der Waals surface area contributed by atoms with Crippen molar-refractivity contribution in [2.45, 2.75) is 38.8 Å². The topological polar surface area (TPSA) is 82.3 Å². The molecule has 128 valence electrons. The molecule has 1 atom stereocenters. The normalized spacial score (nSPS) is 17.0. The zero-order chi connectivity index (χ0) is 16.8. The van der Waals surface area contributed by atoms with Gasteiger partial charge in [0, 0.05) is 31.3 Å². The number of hydrogen-bond donors (Lipinski definition) is 2. The maximum atomic E-state index is 5.94. The number of para-hydroxylation sites is 2. The second kappa shape index (κ2) is 7.97. The smallest absolute Gasteiger partial charge is 0.142 e. The van der Waals surface area contributed by atoms with Gasteiger partial charge in [-0.2, -0.15) is 0 Å². The van der Waals surface area contributed by atoms with E-state index in [0.29, 0.717) is 30.9 Å². The molecule has 2 heterocycles. The van der Waals surface area contributed by atoms with Crippen LogP contribution in [-0.4, -0.2) is 29.3 Å². The van der Waals surface area contributed by atoms with Gasteiger partial charge in [-0.3, -0.25) is 0 Å². The molecule has 2 aromatic rings. The minimum absolute atomic E-state index is 0.342. The average molecular weight is 328 g/mol. The highest BCUT2D eigenvalue weighted by Crippen LogP contribution is 2.25. The molecular formula is C18H24N4O2. The Labute approximate surface area is 142 Å². The van der Waals surface area contributed by atoms with Crippen molar-refractivity contribution in [1.29, 1.82) is 0 Å². The number of ether oxygens (including phenoxy) is 2. The zero-order valence-electron chi connectivity index (χ0n) is 14.0. The molecule has 0 bridgehead atoms. The Morgan fingerprint density at radius 1 is 1.38 bits per heavy atom. The van der Waals surface area contributed by atoms with Gasteiger partial charge in [0.25, 0.3) is 0 Å². The Bertz CT molecular complexity index is 672. The first-order chi connectivity index (χ1) is 11.7. The third-order valence-electron chi connectivity index (χ3n) is 4.10. The maximum Gasteiger partial charge on any atom is 0.142 e. The van der Waals surface area contributed by atoms with Crippen molar-refractivity contribution in [2.75, 3.05) is 24.3 Å². The molecule has 0 radical (unpaired) electrons. The van der Waals surface area contributed by atoms with Crippen molar-refractivity contribution in [3.05, 3.63) is 41.9 Å². The first kappa shape index (κ1) is 16.5. The van der Waals surface area contributed by atoms with Gasteiger partial charge in [0.05, 0.1) is 18.4 Å². The highest BCUT2D eigenvalue weighted by molar-refractivity contribution is 5.57. The van der Waals surface area contributed by atoms with Crippen LogP contribution in [0.25, 0.3) is 0 Å².